The minimum atomic E-state index is -0.212. The molecule has 0 amide bonds. The number of aromatic nitrogens is 2. The molecular weight excluding hydrogens is 471 g/mol. The molecule has 1 aromatic carbocycles. The maximum absolute atomic E-state index is 14.8. The summed E-state index contributed by atoms with van der Waals surface area (Å²) >= 11 is 0. The zero-order valence-corrected chi connectivity index (χ0v) is 23.3. The molecule has 5 rings (SSSR count). The Balaban J connectivity index is 0.00000107. The summed E-state index contributed by atoms with van der Waals surface area (Å²) in [5, 5.41) is 3.45. The van der Waals surface area contributed by atoms with Gasteiger partial charge in [0.1, 0.15) is 5.82 Å². The van der Waals surface area contributed by atoms with Gasteiger partial charge in [0.2, 0.25) is 0 Å². The highest BCUT2D eigenvalue weighted by Crippen LogP contribution is 2.32. The summed E-state index contributed by atoms with van der Waals surface area (Å²) in [5.74, 6) is -0.212. The minimum Gasteiger partial charge on any atom is -0.343 e. The molecular formula is C33H39FN4. The SMILES string of the molecule is C/C=C\C(=C(/C)c1cc(CC)ccc1F)c1ccc2ncc(C3=CCC=C4CNCCN43)cc2n1.CCC. The Bertz CT molecular complexity index is 1410. The summed E-state index contributed by atoms with van der Waals surface area (Å²) < 4.78 is 14.8. The molecule has 1 saturated heterocycles. The second-order valence-corrected chi connectivity index (χ2v) is 9.72. The fraction of sp³-hybridized carbons (Fsp3) is 0.333. The molecule has 0 saturated carbocycles. The Morgan fingerprint density at radius 2 is 1.89 bits per heavy atom. The van der Waals surface area contributed by atoms with Crippen molar-refractivity contribution in [3.05, 3.63) is 101 Å². The Morgan fingerprint density at radius 3 is 2.66 bits per heavy atom. The Labute approximate surface area is 226 Å². The first kappa shape index (κ1) is 27.5. The molecule has 0 atom stereocenters. The highest BCUT2D eigenvalue weighted by atomic mass is 19.1. The van der Waals surface area contributed by atoms with Crippen LogP contribution in [-0.2, 0) is 6.42 Å². The van der Waals surface area contributed by atoms with Crippen molar-refractivity contribution in [3.8, 4) is 0 Å². The predicted octanol–water partition coefficient (Wildman–Crippen LogP) is 7.79. The zero-order valence-electron chi connectivity index (χ0n) is 23.3. The van der Waals surface area contributed by atoms with Gasteiger partial charge >= 0.3 is 0 Å². The van der Waals surface area contributed by atoms with Gasteiger partial charge in [0, 0.05) is 53.9 Å². The Morgan fingerprint density at radius 1 is 1.08 bits per heavy atom. The molecule has 0 spiro atoms. The van der Waals surface area contributed by atoms with Crippen molar-refractivity contribution in [2.45, 2.75) is 53.9 Å². The lowest BCUT2D eigenvalue weighted by Crippen LogP contribution is -2.41. The highest BCUT2D eigenvalue weighted by Gasteiger charge is 2.22. The van der Waals surface area contributed by atoms with Gasteiger partial charge in [-0.3, -0.25) is 4.98 Å². The lowest BCUT2D eigenvalue weighted by molar-refractivity contribution is 0.403. The first-order valence-corrected chi connectivity index (χ1v) is 13.8. The van der Waals surface area contributed by atoms with E-state index >= 15 is 0 Å². The summed E-state index contributed by atoms with van der Waals surface area (Å²) in [5.41, 5.74) is 9.61. The third-order valence-electron chi connectivity index (χ3n) is 6.81. The second kappa shape index (κ2) is 12.8. The molecule has 2 aliphatic rings. The van der Waals surface area contributed by atoms with E-state index in [0.29, 0.717) is 5.56 Å². The Hall–Kier alpha value is -3.57. The van der Waals surface area contributed by atoms with Gasteiger partial charge < -0.3 is 10.2 Å². The van der Waals surface area contributed by atoms with Gasteiger partial charge in [-0.05, 0) is 68.2 Å². The molecule has 0 radical (unpaired) electrons. The van der Waals surface area contributed by atoms with E-state index in [-0.39, 0.29) is 5.82 Å². The topological polar surface area (TPSA) is 41.1 Å². The van der Waals surface area contributed by atoms with Crippen LogP contribution in [0.3, 0.4) is 0 Å². The van der Waals surface area contributed by atoms with E-state index in [2.05, 4.69) is 49.2 Å². The van der Waals surface area contributed by atoms with Crippen LogP contribution in [0.1, 0.15) is 69.8 Å². The predicted molar refractivity (Wildman–Crippen MR) is 159 cm³/mol. The number of piperazine rings is 1. The van der Waals surface area contributed by atoms with E-state index in [4.69, 9.17) is 9.97 Å². The normalized spacial score (nSPS) is 15.9. The van der Waals surface area contributed by atoms with Crippen LogP contribution in [0.2, 0.25) is 0 Å². The molecule has 2 aromatic heterocycles. The molecule has 5 heteroatoms. The largest absolute Gasteiger partial charge is 0.343 e. The number of hydrogen-bond acceptors (Lipinski definition) is 4. The van der Waals surface area contributed by atoms with Crippen LogP contribution in [-0.4, -0.2) is 34.5 Å². The number of nitrogens with one attached hydrogen (secondary N) is 1. The second-order valence-electron chi connectivity index (χ2n) is 9.72. The fourth-order valence-corrected chi connectivity index (χ4v) is 4.88. The van der Waals surface area contributed by atoms with Crippen molar-refractivity contribution in [1.82, 2.24) is 20.2 Å². The van der Waals surface area contributed by atoms with Crippen LogP contribution in [0.25, 0.3) is 27.9 Å². The third-order valence-corrected chi connectivity index (χ3v) is 6.81. The number of benzene rings is 1. The molecule has 4 nitrogen and oxygen atoms in total. The van der Waals surface area contributed by atoms with Gasteiger partial charge in [-0.1, -0.05) is 57.6 Å². The highest BCUT2D eigenvalue weighted by molar-refractivity contribution is 5.95. The van der Waals surface area contributed by atoms with E-state index < -0.39 is 0 Å². The van der Waals surface area contributed by atoms with Crippen LogP contribution in [0.4, 0.5) is 4.39 Å². The fourth-order valence-electron chi connectivity index (χ4n) is 4.88. The molecule has 1 fully saturated rings. The number of pyridine rings is 2. The minimum absolute atomic E-state index is 0.212. The number of aryl methyl sites for hydroxylation is 1. The van der Waals surface area contributed by atoms with Gasteiger partial charge in [-0.15, -0.1) is 0 Å². The zero-order chi connectivity index (χ0) is 27.1. The first-order chi connectivity index (χ1) is 18.5. The number of nitrogens with zero attached hydrogens (tertiary/aromatic N) is 3. The first-order valence-electron chi connectivity index (χ1n) is 13.8. The summed E-state index contributed by atoms with van der Waals surface area (Å²) in [6, 6.07) is 11.5. The third kappa shape index (κ3) is 5.94. The number of allylic oxidation sites excluding steroid dienone is 6. The molecule has 4 heterocycles. The average molecular weight is 511 g/mol. The van der Waals surface area contributed by atoms with Gasteiger partial charge in [-0.2, -0.15) is 0 Å². The van der Waals surface area contributed by atoms with Crippen LogP contribution in [0.15, 0.2) is 72.6 Å². The lowest BCUT2D eigenvalue weighted by Gasteiger charge is -2.36. The van der Waals surface area contributed by atoms with Crippen molar-refractivity contribution in [2.24, 2.45) is 0 Å². The van der Waals surface area contributed by atoms with Crippen LogP contribution in [0.5, 0.6) is 0 Å². The van der Waals surface area contributed by atoms with Crippen molar-refractivity contribution in [3.63, 3.8) is 0 Å². The number of hydrogen-bond donors (Lipinski definition) is 1. The maximum Gasteiger partial charge on any atom is 0.130 e. The molecule has 1 N–H and O–H groups in total. The Kier molecular flexibility index (Phi) is 9.24. The lowest BCUT2D eigenvalue weighted by atomic mass is 9.95. The molecule has 0 aliphatic carbocycles. The molecule has 0 unspecified atom stereocenters. The molecule has 198 valence electrons. The molecule has 3 aromatic rings. The quantitative estimate of drug-likeness (QED) is 0.356. The summed E-state index contributed by atoms with van der Waals surface area (Å²) in [7, 11) is 0. The van der Waals surface area contributed by atoms with Gasteiger partial charge in [-0.25, -0.2) is 9.37 Å². The van der Waals surface area contributed by atoms with Crippen molar-refractivity contribution in [1.29, 1.82) is 0 Å². The number of rotatable bonds is 5. The van der Waals surface area contributed by atoms with E-state index in [1.54, 1.807) is 6.07 Å². The number of halogens is 1. The van der Waals surface area contributed by atoms with Gasteiger partial charge in [0.15, 0.2) is 0 Å². The summed E-state index contributed by atoms with van der Waals surface area (Å²) in [4.78, 5) is 12.1. The molecule has 2 aliphatic heterocycles. The van der Waals surface area contributed by atoms with Gasteiger partial charge in [0.05, 0.1) is 16.7 Å². The van der Waals surface area contributed by atoms with E-state index in [1.165, 1.54) is 17.8 Å². The van der Waals surface area contributed by atoms with E-state index in [9.17, 15) is 4.39 Å². The molecule has 0 bridgehead atoms. The van der Waals surface area contributed by atoms with Crippen LogP contribution >= 0.6 is 0 Å². The van der Waals surface area contributed by atoms with Crippen molar-refractivity contribution < 1.29 is 4.39 Å². The maximum atomic E-state index is 14.8. The van der Waals surface area contributed by atoms with Crippen molar-refractivity contribution >= 4 is 27.9 Å². The van der Waals surface area contributed by atoms with Crippen LogP contribution in [0, 0.1) is 5.82 Å². The average Bonchev–Trinajstić information content (AvgIpc) is 2.95. The van der Waals surface area contributed by atoms with E-state index in [1.807, 2.05) is 56.5 Å². The summed E-state index contributed by atoms with van der Waals surface area (Å²) in [6.07, 6.45) is 13.5. The van der Waals surface area contributed by atoms with Crippen molar-refractivity contribution in [2.75, 3.05) is 19.6 Å². The molecule has 38 heavy (non-hydrogen) atoms. The van der Waals surface area contributed by atoms with Gasteiger partial charge in [0.25, 0.3) is 0 Å². The smallest absolute Gasteiger partial charge is 0.130 e. The monoisotopic (exact) mass is 510 g/mol. The van der Waals surface area contributed by atoms with E-state index in [0.717, 1.165) is 71.5 Å². The standard InChI is InChI=1S/C30H31FN4.C3H8/c1-4-7-24(20(3)25-16-21(5-2)10-11-26(25)31)27-12-13-28-29(34-27)17-22(18-33-28)30-9-6-8-23-19-32-14-15-35(23)30;1-3-2/h4,7-13,16-18,32H,5-6,14-15,19H2,1-3H3;3H2,1-2H3/b7-4-,24-20-;. The van der Waals surface area contributed by atoms with Crippen LogP contribution < -0.4 is 5.32 Å². The number of fused-ring (bicyclic) bond motifs is 2. The summed E-state index contributed by atoms with van der Waals surface area (Å²) in [6.45, 7) is 13.1.